The normalized spacial score (nSPS) is 20.1. The molecule has 20 heavy (non-hydrogen) atoms. The highest BCUT2D eigenvalue weighted by atomic mass is 79.9. The Labute approximate surface area is 126 Å². The van der Waals surface area contributed by atoms with Crippen LogP contribution in [0.15, 0.2) is 22.7 Å². The molecule has 110 valence electrons. The number of carbonyl (C=O) groups is 1. The van der Waals surface area contributed by atoms with Crippen LogP contribution in [0.3, 0.4) is 0 Å². The van der Waals surface area contributed by atoms with Crippen molar-refractivity contribution < 1.29 is 14.3 Å². The fourth-order valence-electron chi connectivity index (χ4n) is 2.58. The molecule has 6 heteroatoms. The van der Waals surface area contributed by atoms with Gasteiger partial charge in [-0.1, -0.05) is 15.9 Å². The van der Waals surface area contributed by atoms with Crippen LogP contribution in [0.5, 0.6) is 0 Å². The molecule has 0 bridgehead atoms. The van der Waals surface area contributed by atoms with Crippen LogP contribution in [-0.4, -0.2) is 42.2 Å². The fraction of sp³-hybridized carbons (Fsp3) is 0.500. The number of hydrogen-bond acceptors (Lipinski definition) is 3. The molecule has 0 radical (unpaired) electrons. The Kier molecular flexibility index (Phi) is 4.78. The largest absolute Gasteiger partial charge is 0.480 e. The van der Waals surface area contributed by atoms with E-state index in [1.807, 2.05) is 4.90 Å². The van der Waals surface area contributed by atoms with Crippen LogP contribution in [0.1, 0.15) is 18.9 Å². The summed E-state index contributed by atoms with van der Waals surface area (Å²) in [6.45, 7) is 4.34. The molecular weight excluding hydrogens is 327 g/mol. The number of nitrogens with zero attached hydrogens (tertiary/aromatic N) is 1. The summed E-state index contributed by atoms with van der Waals surface area (Å²) in [5.41, 5.74) is -1.17. The van der Waals surface area contributed by atoms with Gasteiger partial charge in [-0.15, -0.1) is 0 Å². The summed E-state index contributed by atoms with van der Waals surface area (Å²) in [6, 6.07) is 4.43. The third kappa shape index (κ3) is 2.87. The van der Waals surface area contributed by atoms with Crippen molar-refractivity contribution in [2.24, 2.45) is 0 Å². The standard InChI is InChI=1S/C14H18BrFN2O2/c1-14(13(19)20,18-7-2-5-17-6-8-18)11-9-10(15)3-4-12(11)16/h3-4,9,17H,2,5-8H2,1H3,(H,19,20). The van der Waals surface area contributed by atoms with E-state index in [1.165, 1.54) is 6.07 Å². The van der Waals surface area contributed by atoms with E-state index in [-0.39, 0.29) is 5.56 Å². The van der Waals surface area contributed by atoms with Gasteiger partial charge in [0, 0.05) is 29.7 Å². The predicted octanol–water partition coefficient (Wildman–Crippen LogP) is 2.18. The van der Waals surface area contributed by atoms with Gasteiger partial charge < -0.3 is 10.4 Å². The predicted molar refractivity (Wildman–Crippen MR) is 78.1 cm³/mol. The van der Waals surface area contributed by atoms with Gasteiger partial charge in [0.15, 0.2) is 0 Å². The summed E-state index contributed by atoms with van der Waals surface area (Å²) in [7, 11) is 0. The van der Waals surface area contributed by atoms with E-state index in [4.69, 9.17) is 0 Å². The quantitative estimate of drug-likeness (QED) is 0.882. The molecule has 0 aliphatic carbocycles. The monoisotopic (exact) mass is 344 g/mol. The van der Waals surface area contributed by atoms with E-state index in [0.717, 1.165) is 13.0 Å². The molecule has 0 amide bonds. The molecule has 1 aromatic carbocycles. The minimum atomic E-state index is -1.36. The van der Waals surface area contributed by atoms with Crippen molar-refractivity contribution in [1.82, 2.24) is 10.2 Å². The molecule has 1 aliphatic rings. The molecule has 1 heterocycles. The zero-order valence-corrected chi connectivity index (χ0v) is 12.9. The average Bonchev–Trinajstić information content (AvgIpc) is 2.69. The Hall–Kier alpha value is -0.980. The van der Waals surface area contributed by atoms with Crippen LogP contribution in [0.4, 0.5) is 4.39 Å². The minimum Gasteiger partial charge on any atom is -0.480 e. The first-order valence-electron chi connectivity index (χ1n) is 6.61. The van der Waals surface area contributed by atoms with Gasteiger partial charge in [0.1, 0.15) is 11.4 Å². The maximum Gasteiger partial charge on any atom is 0.328 e. The molecular formula is C14H18BrFN2O2. The Balaban J connectivity index is 2.47. The second-order valence-corrected chi connectivity index (χ2v) is 6.01. The van der Waals surface area contributed by atoms with Crippen molar-refractivity contribution >= 4 is 21.9 Å². The number of aliphatic carboxylic acids is 1. The smallest absolute Gasteiger partial charge is 0.328 e. The zero-order valence-electron chi connectivity index (χ0n) is 11.3. The van der Waals surface area contributed by atoms with Gasteiger partial charge in [-0.2, -0.15) is 0 Å². The van der Waals surface area contributed by atoms with Gasteiger partial charge in [0.25, 0.3) is 0 Å². The van der Waals surface area contributed by atoms with Crippen LogP contribution in [0.2, 0.25) is 0 Å². The third-order valence-corrected chi connectivity index (χ3v) is 4.34. The van der Waals surface area contributed by atoms with Crippen molar-refractivity contribution in [3.63, 3.8) is 0 Å². The van der Waals surface area contributed by atoms with Crippen LogP contribution in [0, 0.1) is 5.82 Å². The minimum absolute atomic E-state index is 0.196. The Morgan fingerprint density at radius 1 is 1.45 bits per heavy atom. The van der Waals surface area contributed by atoms with Crippen molar-refractivity contribution in [3.8, 4) is 0 Å². The topological polar surface area (TPSA) is 52.6 Å². The highest BCUT2D eigenvalue weighted by Gasteiger charge is 2.43. The number of hydrogen-bond donors (Lipinski definition) is 2. The van der Waals surface area contributed by atoms with Crippen molar-refractivity contribution in [3.05, 3.63) is 34.1 Å². The molecule has 0 aromatic heterocycles. The number of carboxylic acid groups (broad SMARTS) is 1. The molecule has 1 atom stereocenters. The summed E-state index contributed by atoms with van der Waals surface area (Å²) in [5, 5.41) is 12.9. The maximum absolute atomic E-state index is 14.2. The molecule has 1 unspecified atom stereocenters. The summed E-state index contributed by atoms with van der Waals surface area (Å²) in [4.78, 5) is 13.7. The van der Waals surface area contributed by atoms with Crippen molar-refractivity contribution in [2.75, 3.05) is 26.2 Å². The van der Waals surface area contributed by atoms with Gasteiger partial charge in [0.05, 0.1) is 0 Å². The second-order valence-electron chi connectivity index (χ2n) is 5.09. The van der Waals surface area contributed by atoms with Crippen molar-refractivity contribution in [1.29, 1.82) is 0 Å². The van der Waals surface area contributed by atoms with Gasteiger partial charge in [0.2, 0.25) is 0 Å². The first-order valence-corrected chi connectivity index (χ1v) is 7.40. The highest BCUT2D eigenvalue weighted by molar-refractivity contribution is 9.10. The summed E-state index contributed by atoms with van der Waals surface area (Å²) in [6.07, 6.45) is 0.846. The molecule has 4 nitrogen and oxygen atoms in total. The Morgan fingerprint density at radius 2 is 2.20 bits per heavy atom. The van der Waals surface area contributed by atoms with Crippen LogP contribution in [-0.2, 0) is 10.3 Å². The number of benzene rings is 1. The van der Waals surface area contributed by atoms with Crippen LogP contribution < -0.4 is 5.32 Å². The first kappa shape index (κ1) is 15.4. The number of halogens is 2. The lowest BCUT2D eigenvalue weighted by molar-refractivity contribution is -0.151. The Bertz CT molecular complexity index is 504. The molecule has 0 saturated carbocycles. The average molecular weight is 345 g/mol. The lowest BCUT2D eigenvalue weighted by Crippen LogP contribution is -2.51. The Morgan fingerprint density at radius 3 is 2.90 bits per heavy atom. The van der Waals surface area contributed by atoms with E-state index in [0.29, 0.717) is 24.1 Å². The van der Waals surface area contributed by atoms with Gasteiger partial charge in [-0.05, 0) is 38.1 Å². The van der Waals surface area contributed by atoms with Crippen LogP contribution in [0.25, 0.3) is 0 Å². The van der Waals surface area contributed by atoms with E-state index >= 15 is 0 Å². The molecule has 1 aliphatic heterocycles. The highest BCUT2D eigenvalue weighted by Crippen LogP contribution is 2.33. The van der Waals surface area contributed by atoms with E-state index < -0.39 is 17.3 Å². The fourth-order valence-corrected chi connectivity index (χ4v) is 2.95. The SMILES string of the molecule is CC(C(=O)O)(c1cc(Br)ccc1F)N1CCCNCC1. The molecule has 0 spiro atoms. The third-order valence-electron chi connectivity index (χ3n) is 3.84. The molecule has 1 aromatic rings. The van der Waals surface area contributed by atoms with E-state index in [1.54, 1.807) is 19.1 Å². The summed E-state index contributed by atoms with van der Waals surface area (Å²) >= 11 is 3.29. The lowest BCUT2D eigenvalue weighted by atomic mass is 9.89. The summed E-state index contributed by atoms with van der Waals surface area (Å²) < 4.78 is 14.8. The number of carboxylic acids is 1. The van der Waals surface area contributed by atoms with Gasteiger partial charge in [-0.3, -0.25) is 4.90 Å². The molecule has 2 rings (SSSR count). The number of nitrogens with one attached hydrogen (secondary N) is 1. The summed E-state index contributed by atoms with van der Waals surface area (Å²) in [5.74, 6) is -1.52. The molecule has 1 saturated heterocycles. The second kappa shape index (κ2) is 6.20. The van der Waals surface area contributed by atoms with Gasteiger partial charge >= 0.3 is 5.97 Å². The van der Waals surface area contributed by atoms with Crippen molar-refractivity contribution in [2.45, 2.75) is 18.9 Å². The molecule has 2 N–H and O–H groups in total. The zero-order chi connectivity index (χ0) is 14.8. The van der Waals surface area contributed by atoms with E-state index in [9.17, 15) is 14.3 Å². The molecule has 1 fully saturated rings. The number of rotatable bonds is 3. The maximum atomic E-state index is 14.2. The van der Waals surface area contributed by atoms with E-state index in [2.05, 4.69) is 21.2 Å². The first-order chi connectivity index (χ1) is 9.46. The van der Waals surface area contributed by atoms with Crippen LogP contribution >= 0.6 is 15.9 Å². The van der Waals surface area contributed by atoms with Gasteiger partial charge in [-0.25, -0.2) is 9.18 Å². The lowest BCUT2D eigenvalue weighted by Gasteiger charge is -2.37.